The summed E-state index contributed by atoms with van der Waals surface area (Å²) in [6.45, 7) is 4.43. The predicted molar refractivity (Wildman–Crippen MR) is 115 cm³/mol. The van der Waals surface area contributed by atoms with Gasteiger partial charge in [-0.1, -0.05) is 6.92 Å². The van der Waals surface area contributed by atoms with Crippen molar-refractivity contribution in [3.8, 4) is 5.75 Å². The van der Waals surface area contributed by atoms with E-state index in [0.717, 1.165) is 19.5 Å². The second-order valence-electron chi connectivity index (χ2n) is 6.85. The zero-order valence-electron chi connectivity index (χ0n) is 16.3. The van der Waals surface area contributed by atoms with Crippen molar-refractivity contribution in [3.05, 3.63) is 46.2 Å². The zero-order chi connectivity index (χ0) is 20.9. The number of thiophene rings is 1. The third kappa shape index (κ3) is 6.26. The molecular weight excluding hydrogens is 432 g/mol. The van der Waals surface area contributed by atoms with E-state index in [2.05, 4.69) is 21.1 Å². The van der Waals surface area contributed by atoms with Crippen LogP contribution in [0, 0.1) is 0 Å². The molecule has 0 bridgehead atoms. The van der Waals surface area contributed by atoms with Gasteiger partial charge >= 0.3 is 0 Å². The highest BCUT2D eigenvalue weighted by molar-refractivity contribution is 7.91. The lowest BCUT2D eigenvalue weighted by Gasteiger charge is -2.26. The van der Waals surface area contributed by atoms with Gasteiger partial charge in [0.1, 0.15) is 12.4 Å². The topological polar surface area (TPSA) is 92.8 Å². The Balaban J connectivity index is 1.47. The highest BCUT2D eigenvalue weighted by Gasteiger charge is 2.18. The average Bonchev–Trinajstić information content (AvgIpc) is 3.16. The first kappa shape index (κ1) is 22.2. The number of hydrogen-bond acceptors (Lipinski definition) is 7. The Labute approximate surface area is 176 Å². The summed E-state index contributed by atoms with van der Waals surface area (Å²) in [4.78, 5) is 3.83. The van der Waals surface area contributed by atoms with Gasteiger partial charge in [-0.05, 0) is 47.7 Å². The number of nitrogens with one attached hydrogen (secondary N) is 1. The van der Waals surface area contributed by atoms with Gasteiger partial charge in [0, 0.05) is 36.8 Å². The fourth-order valence-corrected chi connectivity index (χ4v) is 5.60. The molecule has 0 spiro atoms. The van der Waals surface area contributed by atoms with Gasteiger partial charge in [0.25, 0.3) is 0 Å². The van der Waals surface area contributed by atoms with Gasteiger partial charge in [-0.3, -0.25) is 4.90 Å². The molecule has 29 heavy (non-hydrogen) atoms. The maximum absolute atomic E-state index is 12.5. The molecule has 2 heterocycles. The Morgan fingerprint density at radius 3 is 2.62 bits per heavy atom. The minimum Gasteiger partial charge on any atom is -0.493 e. The van der Waals surface area contributed by atoms with E-state index in [1.165, 1.54) is 34.7 Å². The van der Waals surface area contributed by atoms with Crippen molar-refractivity contribution in [2.75, 3.05) is 37.7 Å². The number of hydrogen-bond donors (Lipinski definition) is 1. The molecule has 0 saturated carbocycles. The van der Waals surface area contributed by atoms with E-state index in [9.17, 15) is 16.8 Å². The summed E-state index contributed by atoms with van der Waals surface area (Å²) in [5.74, 6) is 0.453. The smallest absolute Gasteiger partial charge is 0.240 e. The van der Waals surface area contributed by atoms with Crippen molar-refractivity contribution >= 4 is 31.2 Å². The van der Waals surface area contributed by atoms with Crippen molar-refractivity contribution < 1.29 is 21.6 Å². The normalized spacial score (nSPS) is 15.2. The molecule has 0 unspecified atom stereocenters. The molecule has 1 aromatic carbocycles. The summed E-state index contributed by atoms with van der Waals surface area (Å²) >= 11 is 1.78. The van der Waals surface area contributed by atoms with Crippen LogP contribution in [0.1, 0.15) is 17.4 Å². The van der Waals surface area contributed by atoms with Gasteiger partial charge in [-0.2, -0.15) is 0 Å². The van der Waals surface area contributed by atoms with Crippen LogP contribution in [-0.4, -0.2) is 59.5 Å². The fraction of sp³-hybridized carbons (Fsp3) is 0.474. The number of sulfone groups is 1. The fourth-order valence-electron chi connectivity index (χ4n) is 3.07. The lowest BCUT2D eigenvalue weighted by atomic mass is 10.1. The van der Waals surface area contributed by atoms with Gasteiger partial charge in [-0.25, -0.2) is 21.6 Å². The summed E-state index contributed by atoms with van der Waals surface area (Å²) in [5.41, 5.74) is 1.34. The van der Waals surface area contributed by atoms with Crippen LogP contribution in [0.25, 0.3) is 0 Å². The molecular formula is C19H26N2O5S3. The second-order valence-corrected chi connectivity index (χ2v) is 12.1. The maximum atomic E-state index is 12.5. The number of benzene rings is 1. The first-order valence-corrected chi connectivity index (χ1v) is 13.7. The molecule has 0 radical (unpaired) electrons. The Kier molecular flexibility index (Phi) is 7.33. The Morgan fingerprint density at radius 1 is 1.14 bits per heavy atom. The standard InChI is InChI=1S/C19H26N2O5S3/c1-2-28(22,23)14-12-26-17-3-5-18(6-4-17)29(24,25)20-9-11-21-10-7-19-16(15-21)8-13-27-19/h3-6,8,13,20H,2,7,9-12,14-15H2,1H3. The lowest BCUT2D eigenvalue weighted by molar-refractivity contribution is 0.260. The molecule has 1 N–H and O–H groups in total. The van der Waals surface area contributed by atoms with Gasteiger partial charge in [0.15, 0.2) is 9.84 Å². The van der Waals surface area contributed by atoms with Crippen LogP contribution in [0.5, 0.6) is 5.75 Å². The Morgan fingerprint density at radius 2 is 1.90 bits per heavy atom. The maximum Gasteiger partial charge on any atom is 0.240 e. The van der Waals surface area contributed by atoms with Crippen LogP contribution in [0.15, 0.2) is 40.6 Å². The van der Waals surface area contributed by atoms with Crippen LogP contribution < -0.4 is 9.46 Å². The van der Waals surface area contributed by atoms with E-state index in [4.69, 9.17) is 4.74 Å². The predicted octanol–water partition coefficient (Wildman–Crippen LogP) is 1.90. The average molecular weight is 459 g/mol. The first-order valence-electron chi connectivity index (χ1n) is 9.49. The molecule has 1 aromatic heterocycles. The molecule has 1 aliphatic rings. The van der Waals surface area contributed by atoms with Gasteiger partial charge < -0.3 is 4.74 Å². The van der Waals surface area contributed by atoms with Crippen LogP contribution in [-0.2, 0) is 32.8 Å². The second kappa shape index (κ2) is 9.57. The molecule has 0 saturated heterocycles. The lowest BCUT2D eigenvalue weighted by Crippen LogP contribution is -2.37. The minimum atomic E-state index is -3.60. The summed E-state index contributed by atoms with van der Waals surface area (Å²) in [6.07, 6.45) is 1.01. The molecule has 2 aromatic rings. The van der Waals surface area contributed by atoms with E-state index in [1.807, 2.05) is 0 Å². The molecule has 7 nitrogen and oxygen atoms in total. The van der Waals surface area contributed by atoms with E-state index in [-0.39, 0.29) is 23.0 Å². The minimum absolute atomic E-state index is 0.0438. The number of ether oxygens (including phenoxy) is 1. The molecule has 3 rings (SSSR count). The van der Waals surface area contributed by atoms with Crippen LogP contribution in [0.4, 0.5) is 0 Å². The van der Waals surface area contributed by atoms with Crippen molar-refractivity contribution in [3.63, 3.8) is 0 Å². The third-order valence-corrected chi connectivity index (χ3v) is 9.01. The Bertz CT molecular complexity index is 1010. The summed E-state index contributed by atoms with van der Waals surface area (Å²) in [7, 11) is -6.69. The molecule has 0 amide bonds. The zero-order valence-corrected chi connectivity index (χ0v) is 18.8. The summed E-state index contributed by atoms with van der Waals surface area (Å²) in [6, 6.07) is 8.14. The number of sulfonamides is 1. The van der Waals surface area contributed by atoms with Gasteiger partial charge in [0.05, 0.1) is 10.6 Å². The monoisotopic (exact) mass is 458 g/mol. The van der Waals surface area contributed by atoms with E-state index >= 15 is 0 Å². The summed E-state index contributed by atoms with van der Waals surface area (Å²) < 4.78 is 55.9. The van der Waals surface area contributed by atoms with Crippen LogP contribution in [0.2, 0.25) is 0 Å². The van der Waals surface area contributed by atoms with Gasteiger partial charge in [-0.15, -0.1) is 11.3 Å². The SMILES string of the molecule is CCS(=O)(=O)CCOc1ccc(S(=O)(=O)NCCN2CCc3sccc3C2)cc1. The van der Waals surface area contributed by atoms with Crippen LogP contribution >= 0.6 is 11.3 Å². The number of fused-ring (bicyclic) bond motifs is 1. The molecule has 0 aliphatic carbocycles. The van der Waals surface area contributed by atoms with Crippen molar-refractivity contribution in [2.45, 2.75) is 24.8 Å². The molecule has 160 valence electrons. The molecule has 1 aliphatic heterocycles. The largest absolute Gasteiger partial charge is 0.493 e. The van der Waals surface area contributed by atoms with E-state index in [0.29, 0.717) is 18.8 Å². The molecule has 10 heteroatoms. The highest BCUT2D eigenvalue weighted by Crippen LogP contribution is 2.23. The quantitative estimate of drug-likeness (QED) is 0.585. The molecule has 0 atom stereocenters. The summed E-state index contributed by atoms with van der Waals surface area (Å²) in [5, 5.41) is 2.10. The van der Waals surface area contributed by atoms with Crippen molar-refractivity contribution in [1.82, 2.24) is 9.62 Å². The third-order valence-electron chi connectivity index (χ3n) is 4.84. The Hall–Kier alpha value is -1.46. The van der Waals surface area contributed by atoms with Crippen molar-refractivity contribution in [1.29, 1.82) is 0 Å². The van der Waals surface area contributed by atoms with Crippen LogP contribution in [0.3, 0.4) is 0 Å². The first-order chi connectivity index (χ1) is 13.8. The van der Waals surface area contributed by atoms with E-state index in [1.54, 1.807) is 18.3 Å². The number of rotatable bonds is 10. The van der Waals surface area contributed by atoms with Crippen molar-refractivity contribution in [2.24, 2.45) is 0 Å². The number of nitrogens with zero attached hydrogens (tertiary/aromatic N) is 1. The highest BCUT2D eigenvalue weighted by atomic mass is 32.2. The van der Waals surface area contributed by atoms with E-state index < -0.39 is 19.9 Å². The molecule has 0 fully saturated rings. The van der Waals surface area contributed by atoms with Gasteiger partial charge in [0.2, 0.25) is 10.0 Å².